The van der Waals surface area contributed by atoms with Crippen LogP contribution in [0.15, 0.2) is 28.7 Å². The Bertz CT molecular complexity index is 690. The Morgan fingerprint density at radius 3 is 2.67 bits per heavy atom. The van der Waals surface area contributed by atoms with Gasteiger partial charge in [0.1, 0.15) is 0 Å². The molecule has 0 N–H and O–H groups in total. The van der Waals surface area contributed by atoms with E-state index in [2.05, 4.69) is 40.2 Å². The van der Waals surface area contributed by atoms with Gasteiger partial charge in [-0.3, -0.25) is 4.79 Å². The number of piperazine rings is 1. The van der Waals surface area contributed by atoms with E-state index in [1.54, 1.807) is 0 Å². The number of carbonyl (C=O) groups is 1. The molecule has 1 amide bonds. The zero-order valence-electron chi connectivity index (χ0n) is 14.4. The van der Waals surface area contributed by atoms with Crippen molar-refractivity contribution in [1.82, 2.24) is 15.1 Å². The maximum absolute atomic E-state index is 12.4. The second-order valence-electron chi connectivity index (χ2n) is 6.19. The standard InChI is InChI=1S/C18H24N4O2/c1-3-16-19-20-18(24-16)22-11-9-21(10-12-22)17(23)8-7-15-6-4-5-14(2)13-15/h4-6,13H,3,7-12H2,1-2H3. The van der Waals surface area contributed by atoms with E-state index >= 15 is 0 Å². The lowest BCUT2D eigenvalue weighted by Gasteiger charge is -2.33. The molecule has 3 rings (SSSR count). The van der Waals surface area contributed by atoms with E-state index in [0.717, 1.165) is 25.9 Å². The van der Waals surface area contributed by atoms with Crippen LogP contribution in [0.3, 0.4) is 0 Å². The summed E-state index contributed by atoms with van der Waals surface area (Å²) < 4.78 is 5.58. The van der Waals surface area contributed by atoms with Crippen molar-refractivity contribution in [1.29, 1.82) is 0 Å². The molecular formula is C18H24N4O2. The van der Waals surface area contributed by atoms with E-state index in [-0.39, 0.29) is 5.91 Å². The van der Waals surface area contributed by atoms with Gasteiger partial charge in [-0.05, 0) is 18.9 Å². The summed E-state index contributed by atoms with van der Waals surface area (Å²) in [7, 11) is 0. The smallest absolute Gasteiger partial charge is 0.318 e. The lowest BCUT2D eigenvalue weighted by atomic mass is 10.1. The highest BCUT2D eigenvalue weighted by Crippen LogP contribution is 2.16. The van der Waals surface area contributed by atoms with Crippen LogP contribution in [-0.2, 0) is 17.6 Å². The fourth-order valence-electron chi connectivity index (χ4n) is 2.94. The molecule has 6 nitrogen and oxygen atoms in total. The van der Waals surface area contributed by atoms with Gasteiger partial charge in [0.25, 0.3) is 0 Å². The number of aryl methyl sites for hydroxylation is 3. The molecule has 2 heterocycles. The molecule has 1 aliphatic rings. The number of hydrogen-bond donors (Lipinski definition) is 0. The summed E-state index contributed by atoms with van der Waals surface area (Å²) in [6, 6.07) is 8.92. The predicted molar refractivity (Wildman–Crippen MR) is 92.0 cm³/mol. The molecule has 2 aromatic rings. The van der Waals surface area contributed by atoms with Crippen molar-refractivity contribution in [2.45, 2.75) is 33.1 Å². The Morgan fingerprint density at radius 2 is 2.00 bits per heavy atom. The Hall–Kier alpha value is -2.37. The van der Waals surface area contributed by atoms with E-state index in [1.807, 2.05) is 17.9 Å². The van der Waals surface area contributed by atoms with E-state index in [0.29, 0.717) is 31.4 Å². The molecule has 0 bridgehead atoms. The second kappa shape index (κ2) is 7.47. The SMILES string of the molecule is CCc1nnc(N2CCN(C(=O)CCc3cccc(C)c3)CC2)o1. The van der Waals surface area contributed by atoms with Crippen molar-refractivity contribution < 1.29 is 9.21 Å². The monoisotopic (exact) mass is 328 g/mol. The van der Waals surface area contributed by atoms with E-state index in [1.165, 1.54) is 11.1 Å². The van der Waals surface area contributed by atoms with Gasteiger partial charge in [-0.15, -0.1) is 5.10 Å². The van der Waals surface area contributed by atoms with Crippen LogP contribution in [0.25, 0.3) is 0 Å². The fourth-order valence-corrected chi connectivity index (χ4v) is 2.94. The van der Waals surface area contributed by atoms with Crippen LogP contribution in [0.4, 0.5) is 6.01 Å². The zero-order chi connectivity index (χ0) is 16.9. The summed E-state index contributed by atoms with van der Waals surface area (Å²) >= 11 is 0. The first-order valence-corrected chi connectivity index (χ1v) is 8.56. The number of nitrogens with zero attached hydrogens (tertiary/aromatic N) is 4. The first kappa shape index (κ1) is 16.5. The van der Waals surface area contributed by atoms with Gasteiger partial charge < -0.3 is 14.2 Å². The fraction of sp³-hybridized carbons (Fsp3) is 0.500. The topological polar surface area (TPSA) is 62.5 Å². The predicted octanol–water partition coefficient (Wildman–Crippen LogP) is 2.22. The molecule has 0 atom stereocenters. The first-order chi connectivity index (χ1) is 11.7. The molecule has 1 aromatic carbocycles. The molecule has 1 saturated heterocycles. The molecule has 1 aromatic heterocycles. The summed E-state index contributed by atoms with van der Waals surface area (Å²) in [6.07, 6.45) is 2.10. The summed E-state index contributed by atoms with van der Waals surface area (Å²) in [5.74, 6) is 0.873. The number of rotatable bonds is 5. The third kappa shape index (κ3) is 3.93. The van der Waals surface area contributed by atoms with Gasteiger partial charge in [0, 0.05) is 39.0 Å². The third-order valence-electron chi connectivity index (χ3n) is 4.37. The third-order valence-corrected chi connectivity index (χ3v) is 4.37. The largest absolute Gasteiger partial charge is 0.408 e. The van der Waals surface area contributed by atoms with Gasteiger partial charge in [-0.2, -0.15) is 0 Å². The van der Waals surface area contributed by atoms with Crippen LogP contribution in [0.1, 0.15) is 30.4 Å². The normalized spacial score (nSPS) is 14.9. The van der Waals surface area contributed by atoms with E-state index in [9.17, 15) is 4.79 Å². The Balaban J connectivity index is 1.48. The maximum Gasteiger partial charge on any atom is 0.318 e. The summed E-state index contributed by atoms with van der Waals surface area (Å²) in [4.78, 5) is 16.4. The molecule has 1 fully saturated rings. The van der Waals surface area contributed by atoms with Crippen molar-refractivity contribution in [2.75, 3.05) is 31.1 Å². The van der Waals surface area contributed by atoms with Crippen molar-refractivity contribution in [3.8, 4) is 0 Å². The minimum absolute atomic E-state index is 0.218. The number of aromatic nitrogens is 2. The summed E-state index contributed by atoms with van der Waals surface area (Å²) in [5.41, 5.74) is 2.46. The van der Waals surface area contributed by atoms with Crippen LogP contribution >= 0.6 is 0 Å². The molecule has 128 valence electrons. The van der Waals surface area contributed by atoms with Crippen LogP contribution < -0.4 is 4.90 Å². The molecule has 0 unspecified atom stereocenters. The van der Waals surface area contributed by atoms with Crippen molar-refractivity contribution >= 4 is 11.9 Å². The van der Waals surface area contributed by atoms with Gasteiger partial charge in [0.2, 0.25) is 11.8 Å². The second-order valence-corrected chi connectivity index (χ2v) is 6.19. The average Bonchev–Trinajstić information content (AvgIpc) is 3.09. The summed E-state index contributed by atoms with van der Waals surface area (Å²) in [6.45, 7) is 6.95. The van der Waals surface area contributed by atoms with E-state index < -0.39 is 0 Å². The quantitative estimate of drug-likeness (QED) is 0.842. The molecule has 0 spiro atoms. The lowest BCUT2D eigenvalue weighted by Crippen LogP contribution is -2.49. The minimum Gasteiger partial charge on any atom is -0.408 e. The van der Waals surface area contributed by atoms with Crippen LogP contribution in [0, 0.1) is 6.92 Å². The Morgan fingerprint density at radius 1 is 1.21 bits per heavy atom. The molecule has 1 aliphatic heterocycles. The van der Waals surface area contributed by atoms with Gasteiger partial charge in [-0.1, -0.05) is 41.9 Å². The highest BCUT2D eigenvalue weighted by atomic mass is 16.4. The van der Waals surface area contributed by atoms with Crippen LogP contribution in [0.2, 0.25) is 0 Å². The van der Waals surface area contributed by atoms with Crippen molar-refractivity contribution in [3.05, 3.63) is 41.3 Å². The zero-order valence-corrected chi connectivity index (χ0v) is 14.4. The molecule has 0 saturated carbocycles. The molecule has 0 aliphatic carbocycles. The van der Waals surface area contributed by atoms with E-state index in [4.69, 9.17) is 4.42 Å². The Kier molecular flexibility index (Phi) is 5.13. The molecular weight excluding hydrogens is 304 g/mol. The number of anilines is 1. The molecule has 6 heteroatoms. The molecule has 24 heavy (non-hydrogen) atoms. The summed E-state index contributed by atoms with van der Waals surface area (Å²) in [5, 5.41) is 8.07. The van der Waals surface area contributed by atoms with Gasteiger partial charge in [0.15, 0.2) is 0 Å². The maximum atomic E-state index is 12.4. The highest BCUT2D eigenvalue weighted by molar-refractivity contribution is 5.76. The number of benzene rings is 1. The van der Waals surface area contributed by atoms with Crippen molar-refractivity contribution in [2.24, 2.45) is 0 Å². The number of amides is 1. The number of carbonyl (C=O) groups excluding carboxylic acids is 1. The van der Waals surface area contributed by atoms with Crippen LogP contribution in [0.5, 0.6) is 0 Å². The highest BCUT2D eigenvalue weighted by Gasteiger charge is 2.23. The average molecular weight is 328 g/mol. The number of hydrogen-bond acceptors (Lipinski definition) is 5. The first-order valence-electron chi connectivity index (χ1n) is 8.56. The van der Waals surface area contributed by atoms with Crippen LogP contribution in [-0.4, -0.2) is 47.2 Å². The molecule has 0 radical (unpaired) electrons. The lowest BCUT2D eigenvalue weighted by molar-refractivity contribution is -0.131. The van der Waals surface area contributed by atoms with Crippen molar-refractivity contribution in [3.63, 3.8) is 0 Å². The van der Waals surface area contributed by atoms with Gasteiger partial charge in [0.05, 0.1) is 0 Å². The van der Waals surface area contributed by atoms with Gasteiger partial charge >= 0.3 is 6.01 Å². The Labute approximate surface area is 142 Å². The van der Waals surface area contributed by atoms with Gasteiger partial charge in [-0.25, -0.2) is 0 Å². The minimum atomic E-state index is 0.218.